The lowest BCUT2D eigenvalue weighted by atomic mass is 9.83. The summed E-state index contributed by atoms with van der Waals surface area (Å²) in [6.07, 6.45) is 8.25. The van der Waals surface area contributed by atoms with Crippen molar-refractivity contribution >= 4 is 5.91 Å². The molecule has 3 aliphatic rings. The Bertz CT molecular complexity index is 342. The Morgan fingerprint density at radius 2 is 1.85 bits per heavy atom. The fraction of sp³-hybridized carbons (Fsp3) is 0.938. The highest BCUT2D eigenvalue weighted by Gasteiger charge is 2.40. The van der Waals surface area contributed by atoms with Gasteiger partial charge in [0, 0.05) is 25.3 Å². The summed E-state index contributed by atoms with van der Waals surface area (Å²) in [4.78, 5) is 12.1. The zero-order chi connectivity index (χ0) is 14.0. The molecule has 4 nitrogen and oxygen atoms in total. The molecule has 3 fully saturated rings. The molecular weight excluding hydrogens is 254 g/mol. The quantitative estimate of drug-likeness (QED) is 0.865. The maximum atomic E-state index is 12.1. The van der Waals surface area contributed by atoms with E-state index in [9.17, 15) is 4.79 Å². The highest BCUT2D eigenvalue weighted by molar-refractivity contribution is 5.76. The molecule has 0 aromatic carbocycles. The van der Waals surface area contributed by atoms with Gasteiger partial charge in [0.25, 0.3) is 0 Å². The smallest absolute Gasteiger partial charge is 0.220 e. The average molecular weight is 281 g/mol. The third-order valence-electron chi connectivity index (χ3n) is 5.21. The standard InChI is InChI=1S/C16H27NO3/c1-12-2-3-14(10-12)17-15(18)11-13-4-6-16(7-5-13)19-8-9-20-16/h12-14H,2-11H2,1H3,(H,17,18). The molecule has 3 rings (SSSR count). The fourth-order valence-corrected chi connectivity index (χ4v) is 3.99. The van der Waals surface area contributed by atoms with Crippen LogP contribution in [0.25, 0.3) is 0 Å². The number of hydrogen-bond acceptors (Lipinski definition) is 3. The second-order valence-electron chi connectivity index (χ2n) is 6.94. The Balaban J connectivity index is 1.39. The van der Waals surface area contributed by atoms with Gasteiger partial charge >= 0.3 is 0 Å². The van der Waals surface area contributed by atoms with Gasteiger partial charge in [0.05, 0.1) is 13.2 Å². The van der Waals surface area contributed by atoms with E-state index in [-0.39, 0.29) is 11.7 Å². The van der Waals surface area contributed by atoms with Gasteiger partial charge in [0.15, 0.2) is 5.79 Å². The molecule has 4 heteroatoms. The summed E-state index contributed by atoms with van der Waals surface area (Å²) < 4.78 is 11.5. The summed E-state index contributed by atoms with van der Waals surface area (Å²) in [7, 11) is 0. The molecule has 1 amide bonds. The SMILES string of the molecule is CC1CCC(NC(=O)CC2CCC3(CC2)OCCO3)C1. The van der Waals surface area contributed by atoms with Crippen molar-refractivity contribution in [1.29, 1.82) is 0 Å². The third-order valence-corrected chi connectivity index (χ3v) is 5.21. The molecule has 114 valence electrons. The molecule has 2 atom stereocenters. The molecule has 2 unspecified atom stereocenters. The van der Waals surface area contributed by atoms with Gasteiger partial charge in [-0.05, 0) is 43.9 Å². The first-order chi connectivity index (χ1) is 9.65. The molecule has 0 bridgehead atoms. The van der Waals surface area contributed by atoms with Crippen molar-refractivity contribution in [1.82, 2.24) is 5.32 Å². The zero-order valence-corrected chi connectivity index (χ0v) is 12.5. The van der Waals surface area contributed by atoms with Crippen LogP contribution in [-0.2, 0) is 14.3 Å². The molecule has 0 aromatic heterocycles. The molecular formula is C16H27NO3. The first-order valence-corrected chi connectivity index (χ1v) is 8.22. The molecule has 1 N–H and O–H groups in total. The monoisotopic (exact) mass is 281 g/mol. The molecule has 1 aliphatic heterocycles. The summed E-state index contributed by atoms with van der Waals surface area (Å²) in [5.41, 5.74) is 0. The second-order valence-corrected chi connectivity index (χ2v) is 6.94. The van der Waals surface area contributed by atoms with Gasteiger partial charge in [0.1, 0.15) is 0 Å². The van der Waals surface area contributed by atoms with Gasteiger partial charge in [-0.25, -0.2) is 0 Å². The van der Waals surface area contributed by atoms with E-state index >= 15 is 0 Å². The van der Waals surface area contributed by atoms with Crippen LogP contribution in [0.1, 0.15) is 58.3 Å². The minimum absolute atomic E-state index is 0.248. The summed E-state index contributed by atoms with van der Waals surface area (Å²) in [6.45, 7) is 3.73. The van der Waals surface area contributed by atoms with Crippen molar-refractivity contribution in [3.05, 3.63) is 0 Å². The van der Waals surface area contributed by atoms with Crippen LogP contribution in [-0.4, -0.2) is 30.9 Å². The maximum absolute atomic E-state index is 12.1. The highest BCUT2D eigenvalue weighted by Crippen LogP contribution is 2.39. The Morgan fingerprint density at radius 3 is 2.45 bits per heavy atom. The number of carbonyl (C=O) groups excluding carboxylic acids is 1. The fourth-order valence-electron chi connectivity index (χ4n) is 3.99. The van der Waals surface area contributed by atoms with E-state index in [2.05, 4.69) is 12.2 Å². The lowest BCUT2D eigenvalue weighted by Crippen LogP contribution is -2.38. The Labute approximate surface area is 121 Å². The van der Waals surface area contributed by atoms with E-state index in [1.165, 1.54) is 6.42 Å². The van der Waals surface area contributed by atoms with Crippen molar-refractivity contribution < 1.29 is 14.3 Å². The number of ether oxygens (including phenoxy) is 2. The van der Waals surface area contributed by atoms with Crippen molar-refractivity contribution in [2.24, 2.45) is 11.8 Å². The van der Waals surface area contributed by atoms with Crippen molar-refractivity contribution in [2.45, 2.75) is 70.1 Å². The molecule has 0 radical (unpaired) electrons. The van der Waals surface area contributed by atoms with Crippen LogP contribution in [0.3, 0.4) is 0 Å². The number of hydrogen-bond donors (Lipinski definition) is 1. The molecule has 1 saturated heterocycles. The van der Waals surface area contributed by atoms with E-state index in [0.717, 1.165) is 57.7 Å². The number of amides is 1. The minimum atomic E-state index is -0.298. The first kappa shape index (κ1) is 14.3. The van der Waals surface area contributed by atoms with Crippen LogP contribution in [0.5, 0.6) is 0 Å². The average Bonchev–Trinajstić information content (AvgIpc) is 3.03. The Morgan fingerprint density at radius 1 is 1.15 bits per heavy atom. The van der Waals surface area contributed by atoms with Gasteiger partial charge in [-0.15, -0.1) is 0 Å². The highest BCUT2D eigenvalue weighted by atomic mass is 16.7. The topological polar surface area (TPSA) is 47.6 Å². The van der Waals surface area contributed by atoms with Gasteiger partial charge in [-0.2, -0.15) is 0 Å². The molecule has 0 aromatic rings. The lowest BCUT2D eigenvalue weighted by molar-refractivity contribution is -0.183. The van der Waals surface area contributed by atoms with Crippen LogP contribution >= 0.6 is 0 Å². The predicted molar refractivity (Wildman–Crippen MR) is 76.2 cm³/mol. The van der Waals surface area contributed by atoms with E-state index in [0.29, 0.717) is 18.4 Å². The Kier molecular flexibility index (Phi) is 4.32. The van der Waals surface area contributed by atoms with E-state index < -0.39 is 0 Å². The van der Waals surface area contributed by atoms with Crippen LogP contribution in [0.2, 0.25) is 0 Å². The largest absolute Gasteiger partial charge is 0.353 e. The van der Waals surface area contributed by atoms with Crippen molar-refractivity contribution in [2.75, 3.05) is 13.2 Å². The molecule has 2 aliphatic carbocycles. The van der Waals surface area contributed by atoms with E-state index in [4.69, 9.17) is 9.47 Å². The predicted octanol–water partition coefficient (Wildman–Crippen LogP) is 2.61. The minimum Gasteiger partial charge on any atom is -0.353 e. The van der Waals surface area contributed by atoms with Crippen LogP contribution < -0.4 is 5.32 Å². The first-order valence-electron chi connectivity index (χ1n) is 8.22. The summed E-state index contributed by atoms with van der Waals surface area (Å²) in [5, 5.41) is 3.22. The van der Waals surface area contributed by atoms with E-state index in [1.807, 2.05) is 0 Å². The van der Waals surface area contributed by atoms with Gasteiger partial charge in [-0.1, -0.05) is 6.92 Å². The van der Waals surface area contributed by atoms with Gasteiger partial charge in [-0.3, -0.25) is 4.79 Å². The summed E-state index contributed by atoms with van der Waals surface area (Å²) in [6, 6.07) is 0.425. The van der Waals surface area contributed by atoms with Crippen LogP contribution in [0.15, 0.2) is 0 Å². The third kappa shape index (κ3) is 3.34. The molecule has 1 spiro atoms. The number of nitrogens with one attached hydrogen (secondary N) is 1. The van der Waals surface area contributed by atoms with Crippen LogP contribution in [0.4, 0.5) is 0 Å². The van der Waals surface area contributed by atoms with Crippen molar-refractivity contribution in [3.63, 3.8) is 0 Å². The lowest BCUT2D eigenvalue weighted by Gasteiger charge is -2.35. The van der Waals surface area contributed by atoms with E-state index in [1.54, 1.807) is 0 Å². The second kappa shape index (κ2) is 6.02. The molecule has 2 saturated carbocycles. The normalized spacial score (nSPS) is 33.6. The Hall–Kier alpha value is -0.610. The summed E-state index contributed by atoms with van der Waals surface area (Å²) in [5.74, 6) is 1.23. The van der Waals surface area contributed by atoms with Crippen LogP contribution in [0, 0.1) is 11.8 Å². The number of carbonyl (C=O) groups is 1. The molecule has 1 heterocycles. The van der Waals surface area contributed by atoms with Gasteiger partial charge < -0.3 is 14.8 Å². The van der Waals surface area contributed by atoms with Crippen molar-refractivity contribution in [3.8, 4) is 0 Å². The molecule has 20 heavy (non-hydrogen) atoms. The maximum Gasteiger partial charge on any atom is 0.220 e. The number of rotatable bonds is 3. The summed E-state index contributed by atoms with van der Waals surface area (Å²) >= 11 is 0. The van der Waals surface area contributed by atoms with Gasteiger partial charge in [0.2, 0.25) is 5.91 Å². The zero-order valence-electron chi connectivity index (χ0n) is 12.5.